The fourth-order valence-electron chi connectivity index (χ4n) is 3.83. The van der Waals surface area contributed by atoms with Crippen LogP contribution in [0, 0.1) is 0 Å². The third-order valence-electron chi connectivity index (χ3n) is 5.98. The van der Waals surface area contributed by atoms with Gasteiger partial charge in [-0.1, -0.05) is 47.6 Å². The van der Waals surface area contributed by atoms with E-state index >= 15 is 0 Å². The molecule has 40 heavy (non-hydrogen) atoms. The molecule has 0 amide bonds. The van der Waals surface area contributed by atoms with E-state index in [0.717, 1.165) is 72.0 Å². The summed E-state index contributed by atoms with van der Waals surface area (Å²) in [7, 11) is 0. The number of aliphatic hydroxyl groups is 1. The van der Waals surface area contributed by atoms with Crippen molar-refractivity contribution in [1.29, 1.82) is 0 Å². The van der Waals surface area contributed by atoms with Gasteiger partial charge in [-0.15, -0.1) is 0 Å². The van der Waals surface area contributed by atoms with Gasteiger partial charge in [-0.2, -0.15) is 9.97 Å². The van der Waals surface area contributed by atoms with E-state index in [1.54, 1.807) is 26.0 Å². The van der Waals surface area contributed by atoms with E-state index in [0.29, 0.717) is 11.4 Å². The largest absolute Gasteiger partial charge is 0.389 e. The van der Waals surface area contributed by atoms with Crippen molar-refractivity contribution in [1.82, 2.24) is 19.9 Å². The number of ketones is 1. The van der Waals surface area contributed by atoms with Crippen LogP contribution in [0.5, 0.6) is 0 Å². The Balaban J connectivity index is 0.000000381. The van der Waals surface area contributed by atoms with Gasteiger partial charge in [-0.05, 0) is 62.6 Å². The second-order valence-corrected chi connectivity index (χ2v) is 9.16. The summed E-state index contributed by atoms with van der Waals surface area (Å²) in [5, 5.41) is 17.9. The molecule has 1 atom stereocenters. The fourth-order valence-corrected chi connectivity index (χ4v) is 3.83. The lowest BCUT2D eigenvalue weighted by molar-refractivity contribution is 0.101. The van der Waals surface area contributed by atoms with Gasteiger partial charge >= 0.3 is 0 Å². The minimum absolute atomic E-state index is 0. The highest BCUT2D eigenvalue weighted by Crippen LogP contribution is 2.25. The number of hydrogen-bond donors (Lipinski definition) is 5. The first kappa shape index (κ1) is 34.0. The molecule has 10 nitrogen and oxygen atoms in total. The molecular weight excluding hydrogens is 504 g/mol. The Hall–Kier alpha value is -4.05. The Morgan fingerprint density at radius 2 is 1.30 bits per heavy atom. The number of nitrogens with zero attached hydrogens (tertiary/aromatic N) is 4. The molecule has 2 aromatic carbocycles. The van der Waals surface area contributed by atoms with Crippen molar-refractivity contribution >= 4 is 51.1 Å². The zero-order valence-corrected chi connectivity index (χ0v) is 22.6. The van der Waals surface area contributed by atoms with Crippen LogP contribution in [0.25, 0.3) is 21.8 Å². The van der Waals surface area contributed by atoms with Gasteiger partial charge in [0.2, 0.25) is 11.9 Å². The monoisotopic (exact) mass is 550 g/mol. The highest BCUT2D eigenvalue weighted by molar-refractivity contribution is 6.00. The maximum atomic E-state index is 11.4. The van der Waals surface area contributed by atoms with Gasteiger partial charge in [-0.3, -0.25) is 4.79 Å². The van der Waals surface area contributed by atoms with Crippen LogP contribution < -0.4 is 22.1 Å². The number of benzene rings is 2. The maximum absolute atomic E-state index is 11.4. The first-order chi connectivity index (χ1) is 18.2. The molecule has 0 aliphatic rings. The number of nitrogens with one attached hydrogen (secondary N) is 2. The molecule has 2 aromatic heterocycles. The predicted octanol–water partition coefficient (Wildman–Crippen LogP) is 6.38. The molecular formula is C30H46N8O2. The van der Waals surface area contributed by atoms with E-state index in [9.17, 15) is 9.90 Å². The zero-order chi connectivity index (χ0) is 27.7. The average Bonchev–Trinajstić information content (AvgIpc) is 2.88. The SMILES string of the molecule is C.C.CCCCNc1nc(N)nc2ccc(C(C)=O)cc12.CCCCNc1nc(N)nc2ccc(C(C)O)cc12. The summed E-state index contributed by atoms with van der Waals surface area (Å²) in [6.07, 6.45) is 3.83. The molecule has 0 saturated heterocycles. The van der Waals surface area contributed by atoms with Gasteiger partial charge in [0.25, 0.3) is 0 Å². The Bertz CT molecular complexity index is 1390. The number of carbonyl (C=O) groups excluding carboxylic acids is 1. The number of nitrogens with two attached hydrogens (primary N) is 2. The summed E-state index contributed by atoms with van der Waals surface area (Å²) >= 11 is 0. The van der Waals surface area contributed by atoms with Crippen LogP contribution in [0.15, 0.2) is 36.4 Å². The number of nitrogen functional groups attached to an aromatic ring is 2. The second kappa shape index (κ2) is 16.1. The summed E-state index contributed by atoms with van der Waals surface area (Å²) in [6.45, 7) is 9.22. The molecule has 218 valence electrons. The fraction of sp³-hybridized carbons (Fsp3) is 0.433. The van der Waals surface area contributed by atoms with Crippen molar-refractivity contribution in [3.05, 3.63) is 47.5 Å². The minimum Gasteiger partial charge on any atom is -0.389 e. The van der Waals surface area contributed by atoms with E-state index in [1.807, 2.05) is 24.3 Å². The van der Waals surface area contributed by atoms with Gasteiger partial charge in [-0.25, -0.2) is 9.97 Å². The Kier molecular flexibility index (Phi) is 13.7. The molecule has 7 N–H and O–H groups in total. The molecule has 0 saturated carbocycles. The zero-order valence-electron chi connectivity index (χ0n) is 22.6. The van der Waals surface area contributed by atoms with Gasteiger partial charge in [0.1, 0.15) is 11.6 Å². The molecule has 0 radical (unpaired) electrons. The summed E-state index contributed by atoms with van der Waals surface area (Å²) in [5.74, 6) is 1.95. The third-order valence-corrected chi connectivity index (χ3v) is 5.98. The minimum atomic E-state index is -0.509. The molecule has 0 aliphatic carbocycles. The number of fused-ring (bicyclic) bond motifs is 2. The van der Waals surface area contributed by atoms with Crippen LogP contribution >= 0.6 is 0 Å². The summed E-state index contributed by atoms with van der Waals surface area (Å²) in [5.41, 5.74) is 14.4. The summed E-state index contributed by atoms with van der Waals surface area (Å²) in [4.78, 5) is 28.3. The number of rotatable bonds is 10. The Morgan fingerprint density at radius 1 is 0.825 bits per heavy atom. The van der Waals surface area contributed by atoms with Crippen LogP contribution in [0.2, 0.25) is 0 Å². The molecule has 0 aliphatic heterocycles. The smallest absolute Gasteiger partial charge is 0.222 e. The third kappa shape index (κ3) is 9.01. The molecule has 4 aromatic rings. The van der Waals surface area contributed by atoms with Crippen molar-refractivity contribution in [3.8, 4) is 0 Å². The first-order valence-corrected chi connectivity index (χ1v) is 13.0. The van der Waals surface area contributed by atoms with E-state index < -0.39 is 6.10 Å². The molecule has 10 heteroatoms. The molecule has 0 fully saturated rings. The standard InChI is InChI=1S/C14H20N4O.C14H18N4O.2CH4/c2*1-3-4-7-16-13-11-8-10(9(2)19)5-6-12(11)17-14(15)18-13;;/h5-6,8-9,19H,3-4,7H2,1-2H3,(H3,15,16,17,18);5-6,8H,3-4,7H2,1-2H3,(H3,15,16,17,18);2*1H4. The highest BCUT2D eigenvalue weighted by Gasteiger charge is 2.10. The van der Waals surface area contributed by atoms with Crippen LogP contribution in [-0.4, -0.2) is 43.9 Å². The molecule has 4 rings (SSSR count). The number of Topliss-reactive ketones (excluding diaryl/α,β-unsaturated/α-hetero) is 1. The van der Waals surface area contributed by atoms with Gasteiger partial charge in [0.15, 0.2) is 5.78 Å². The Morgan fingerprint density at radius 3 is 1.75 bits per heavy atom. The van der Waals surface area contributed by atoms with Crippen molar-refractivity contribution < 1.29 is 9.90 Å². The highest BCUT2D eigenvalue weighted by atomic mass is 16.3. The number of hydrogen-bond acceptors (Lipinski definition) is 10. The van der Waals surface area contributed by atoms with Crippen LogP contribution in [0.1, 0.15) is 90.3 Å². The second-order valence-electron chi connectivity index (χ2n) is 9.16. The van der Waals surface area contributed by atoms with Crippen molar-refractivity contribution in [3.63, 3.8) is 0 Å². The lowest BCUT2D eigenvalue weighted by atomic mass is 10.1. The quantitative estimate of drug-likeness (QED) is 0.110. The molecule has 0 bridgehead atoms. The molecule has 1 unspecified atom stereocenters. The lowest BCUT2D eigenvalue weighted by Gasteiger charge is -2.11. The van der Waals surface area contributed by atoms with Crippen LogP contribution in [0.4, 0.5) is 23.5 Å². The summed E-state index contributed by atoms with van der Waals surface area (Å²) in [6, 6.07) is 11.0. The van der Waals surface area contributed by atoms with E-state index in [2.05, 4.69) is 44.4 Å². The van der Waals surface area contributed by atoms with Crippen molar-refractivity contribution in [2.24, 2.45) is 0 Å². The van der Waals surface area contributed by atoms with E-state index in [-0.39, 0.29) is 32.5 Å². The summed E-state index contributed by atoms with van der Waals surface area (Å²) < 4.78 is 0. The van der Waals surface area contributed by atoms with Crippen molar-refractivity contribution in [2.45, 2.75) is 74.3 Å². The topological polar surface area (TPSA) is 165 Å². The maximum Gasteiger partial charge on any atom is 0.222 e. The number of anilines is 4. The van der Waals surface area contributed by atoms with E-state index in [1.165, 1.54) is 0 Å². The Labute approximate surface area is 238 Å². The van der Waals surface area contributed by atoms with Gasteiger partial charge in [0, 0.05) is 29.4 Å². The van der Waals surface area contributed by atoms with Gasteiger partial charge in [0.05, 0.1) is 17.1 Å². The van der Waals surface area contributed by atoms with Crippen LogP contribution in [0.3, 0.4) is 0 Å². The lowest BCUT2D eigenvalue weighted by Crippen LogP contribution is -2.07. The van der Waals surface area contributed by atoms with Crippen molar-refractivity contribution in [2.75, 3.05) is 35.2 Å². The van der Waals surface area contributed by atoms with Gasteiger partial charge < -0.3 is 27.2 Å². The van der Waals surface area contributed by atoms with E-state index in [4.69, 9.17) is 11.5 Å². The number of unbranched alkanes of at least 4 members (excludes halogenated alkanes) is 2. The van der Waals surface area contributed by atoms with Crippen LogP contribution in [-0.2, 0) is 0 Å². The number of carbonyl (C=O) groups is 1. The normalized spacial score (nSPS) is 11.0. The first-order valence-electron chi connectivity index (χ1n) is 13.0. The predicted molar refractivity (Wildman–Crippen MR) is 169 cm³/mol. The molecule has 0 spiro atoms. The number of aromatic nitrogens is 4. The molecule has 2 heterocycles. The number of aliphatic hydroxyl groups excluding tert-OH is 1. The average molecular weight is 551 g/mol.